The van der Waals surface area contributed by atoms with Gasteiger partial charge < -0.3 is 15.4 Å². The Labute approximate surface area is 178 Å². The highest BCUT2D eigenvalue weighted by Gasteiger charge is 2.38. The first-order chi connectivity index (χ1) is 14.4. The quantitative estimate of drug-likeness (QED) is 0.612. The summed E-state index contributed by atoms with van der Waals surface area (Å²) in [6.45, 7) is 6.36. The van der Waals surface area contributed by atoms with Gasteiger partial charge in [0.15, 0.2) is 11.6 Å². The number of carbonyl (C=O) groups is 2. The van der Waals surface area contributed by atoms with E-state index in [9.17, 15) is 14.0 Å². The van der Waals surface area contributed by atoms with E-state index in [0.717, 1.165) is 19.4 Å². The third kappa shape index (κ3) is 6.17. The minimum atomic E-state index is -0.547. The number of nitrogens with zero attached hydrogens (tertiary/aromatic N) is 1. The molecule has 1 saturated carbocycles. The van der Waals surface area contributed by atoms with Crippen LogP contribution in [-0.2, 0) is 4.79 Å². The lowest BCUT2D eigenvalue weighted by Crippen LogP contribution is -2.45. The van der Waals surface area contributed by atoms with Crippen LogP contribution in [0.2, 0.25) is 0 Å². The number of benzene rings is 1. The van der Waals surface area contributed by atoms with Gasteiger partial charge in [0.2, 0.25) is 5.91 Å². The molecule has 1 aliphatic heterocycles. The number of rotatable bonds is 10. The van der Waals surface area contributed by atoms with Crippen molar-refractivity contribution < 1.29 is 18.7 Å². The minimum Gasteiger partial charge on any atom is -0.494 e. The molecule has 2 aliphatic rings. The Bertz CT molecular complexity index is 751. The van der Waals surface area contributed by atoms with Crippen molar-refractivity contribution in [3.05, 3.63) is 29.6 Å². The van der Waals surface area contributed by atoms with Crippen LogP contribution in [0.5, 0.6) is 5.75 Å². The second-order valence-corrected chi connectivity index (χ2v) is 8.99. The Balaban J connectivity index is 1.55. The van der Waals surface area contributed by atoms with Crippen LogP contribution in [0.1, 0.15) is 56.3 Å². The molecule has 0 unspecified atom stereocenters. The number of nitrogens with one attached hydrogen (secondary N) is 2. The van der Waals surface area contributed by atoms with E-state index in [1.807, 2.05) is 0 Å². The van der Waals surface area contributed by atoms with E-state index in [2.05, 4.69) is 29.4 Å². The average Bonchev–Trinajstić information content (AvgIpc) is 3.46. The summed E-state index contributed by atoms with van der Waals surface area (Å²) in [4.78, 5) is 27.3. The molecular weight excluding hydrogens is 385 g/mol. The first kappa shape index (κ1) is 22.5. The zero-order valence-electron chi connectivity index (χ0n) is 18.2. The van der Waals surface area contributed by atoms with Gasteiger partial charge in [-0.3, -0.25) is 14.5 Å². The van der Waals surface area contributed by atoms with E-state index in [0.29, 0.717) is 31.3 Å². The molecule has 6 nitrogen and oxygen atoms in total. The second-order valence-electron chi connectivity index (χ2n) is 8.99. The van der Waals surface area contributed by atoms with E-state index in [1.54, 1.807) is 6.07 Å². The van der Waals surface area contributed by atoms with Crippen molar-refractivity contribution in [2.45, 2.75) is 58.0 Å². The van der Waals surface area contributed by atoms with Crippen molar-refractivity contribution in [2.24, 2.45) is 11.8 Å². The lowest BCUT2D eigenvalue weighted by atomic mass is 10.1. The summed E-state index contributed by atoms with van der Waals surface area (Å²) < 4.78 is 18.8. The van der Waals surface area contributed by atoms with E-state index in [1.165, 1.54) is 32.1 Å². The summed E-state index contributed by atoms with van der Waals surface area (Å²) in [5.41, 5.74) is 0.282. The van der Waals surface area contributed by atoms with Gasteiger partial charge in [0.05, 0.1) is 7.11 Å². The first-order valence-electron chi connectivity index (χ1n) is 11.0. The van der Waals surface area contributed by atoms with Gasteiger partial charge in [-0.2, -0.15) is 0 Å². The van der Waals surface area contributed by atoms with Gasteiger partial charge in [-0.1, -0.05) is 13.8 Å². The summed E-state index contributed by atoms with van der Waals surface area (Å²) >= 11 is 0. The molecule has 1 aromatic rings. The van der Waals surface area contributed by atoms with Gasteiger partial charge in [-0.15, -0.1) is 0 Å². The van der Waals surface area contributed by atoms with Crippen molar-refractivity contribution in [3.8, 4) is 5.75 Å². The van der Waals surface area contributed by atoms with Gasteiger partial charge in [0.1, 0.15) is 0 Å². The summed E-state index contributed by atoms with van der Waals surface area (Å²) in [6.07, 6.45) is 4.90. The van der Waals surface area contributed by atoms with Crippen molar-refractivity contribution in [2.75, 3.05) is 26.7 Å². The number of halogens is 1. The molecule has 2 fully saturated rings. The fourth-order valence-electron chi connectivity index (χ4n) is 4.07. The average molecular weight is 420 g/mol. The molecule has 1 saturated heterocycles. The molecule has 1 aromatic carbocycles. The maximum Gasteiger partial charge on any atom is 0.251 e. The molecule has 3 rings (SSSR count). The summed E-state index contributed by atoms with van der Waals surface area (Å²) in [7, 11) is 1.40. The molecule has 0 bridgehead atoms. The maximum absolute atomic E-state index is 13.9. The third-order valence-electron chi connectivity index (χ3n) is 5.98. The predicted octanol–water partition coefficient (Wildman–Crippen LogP) is 2.97. The highest BCUT2D eigenvalue weighted by molar-refractivity contribution is 5.94. The molecule has 2 amide bonds. The van der Waals surface area contributed by atoms with Crippen molar-refractivity contribution in [1.82, 2.24) is 15.5 Å². The van der Waals surface area contributed by atoms with Gasteiger partial charge in [-0.25, -0.2) is 4.39 Å². The van der Waals surface area contributed by atoms with E-state index in [4.69, 9.17) is 4.74 Å². The van der Waals surface area contributed by atoms with Crippen LogP contribution in [0.25, 0.3) is 0 Å². The zero-order chi connectivity index (χ0) is 21.7. The second kappa shape index (κ2) is 10.2. The van der Waals surface area contributed by atoms with Gasteiger partial charge in [-0.05, 0) is 55.7 Å². The van der Waals surface area contributed by atoms with Crippen LogP contribution in [0, 0.1) is 17.7 Å². The number of amides is 2. The number of likely N-dealkylation sites (tertiary alicyclic amines) is 1. The highest BCUT2D eigenvalue weighted by Crippen LogP contribution is 2.35. The summed E-state index contributed by atoms with van der Waals surface area (Å²) in [5.74, 6) is 0.531. The summed E-state index contributed by atoms with van der Waals surface area (Å²) in [6, 6.07) is 4.66. The predicted molar refractivity (Wildman–Crippen MR) is 114 cm³/mol. The molecule has 0 spiro atoms. The molecular formula is C23H34FN3O3. The number of methoxy groups -OCH3 is 1. The molecule has 0 aromatic heterocycles. The monoisotopic (exact) mass is 419 g/mol. The molecule has 1 aliphatic carbocycles. The fourth-order valence-corrected chi connectivity index (χ4v) is 4.07. The van der Waals surface area contributed by atoms with E-state index < -0.39 is 5.82 Å². The number of hydrogen-bond donors (Lipinski definition) is 2. The molecule has 2 N–H and O–H groups in total. The largest absolute Gasteiger partial charge is 0.494 e. The van der Waals surface area contributed by atoms with Crippen LogP contribution in [0.3, 0.4) is 0 Å². The minimum absolute atomic E-state index is 0.105. The molecule has 166 valence electrons. The molecule has 30 heavy (non-hydrogen) atoms. The number of carbonyl (C=O) groups excluding carboxylic acids is 2. The highest BCUT2D eigenvalue weighted by atomic mass is 19.1. The Morgan fingerprint density at radius 3 is 2.53 bits per heavy atom. The van der Waals surface area contributed by atoms with Crippen LogP contribution in [0.4, 0.5) is 4.39 Å². The smallest absolute Gasteiger partial charge is 0.251 e. The lowest BCUT2D eigenvalue weighted by Gasteiger charge is -2.30. The number of hydrogen-bond acceptors (Lipinski definition) is 4. The molecule has 0 radical (unpaired) electrons. The van der Waals surface area contributed by atoms with Crippen LogP contribution >= 0.6 is 0 Å². The Hall–Kier alpha value is -2.15. The Kier molecular flexibility index (Phi) is 7.69. The Morgan fingerprint density at radius 2 is 1.90 bits per heavy atom. The maximum atomic E-state index is 13.9. The fraction of sp³-hybridized carbons (Fsp3) is 0.652. The first-order valence-corrected chi connectivity index (χ1v) is 11.0. The molecule has 7 heteroatoms. The van der Waals surface area contributed by atoms with Gasteiger partial charge >= 0.3 is 0 Å². The SMILES string of the molecule is COc1ccc(C(=O)NC[C@@H]2CC[C@H](CC(=O)NCC(C)C)N2CC2CC2)cc1F. The Morgan fingerprint density at radius 1 is 1.17 bits per heavy atom. The molecule has 1 heterocycles. The van der Waals surface area contributed by atoms with E-state index >= 15 is 0 Å². The van der Waals surface area contributed by atoms with E-state index in [-0.39, 0.29) is 35.2 Å². The van der Waals surface area contributed by atoms with Crippen molar-refractivity contribution >= 4 is 11.8 Å². The van der Waals surface area contributed by atoms with Crippen LogP contribution in [0.15, 0.2) is 18.2 Å². The van der Waals surface area contributed by atoms with Crippen LogP contribution in [-0.4, -0.2) is 55.5 Å². The normalized spacial score (nSPS) is 21.6. The number of ether oxygens (including phenoxy) is 1. The molecule has 2 atom stereocenters. The third-order valence-corrected chi connectivity index (χ3v) is 5.98. The zero-order valence-corrected chi connectivity index (χ0v) is 18.2. The van der Waals surface area contributed by atoms with Gasteiger partial charge in [0, 0.05) is 43.7 Å². The standard InChI is InChI=1S/C23H34FN3O3/c1-15(2)12-25-22(28)11-18-7-8-19(27(18)14-16-4-5-16)13-26-23(29)17-6-9-21(30-3)20(24)10-17/h6,9-10,15-16,18-19H,4-5,7-8,11-14H2,1-3H3,(H,25,28)(H,26,29)/t18-,19+/m1/s1. The van der Waals surface area contributed by atoms with Crippen LogP contribution < -0.4 is 15.4 Å². The van der Waals surface area contributed by atoms with Crippen molar-refractivity contribution in [3.63, 3.8) is 0 Å². The topological polar surface area (TPSA) is 70.7 Å². The van der Waals surface area contributed by atoms with Crippen molar-refractivity contribution in [1.29, 1.82) is 0 Å². The lowest BCUT2D eigenvalue weighted by molar-refractivity contribution is -0.122. The summed E-state index contributed by atoms with van der Waals surface area (Å²) in [5, 5.41) is 5.97. The van der Waals surface area contributed by atoms with Gasteiger partial charge in [0.25, 0.3) is 5.91 Å².